The van der Waals surface area contributed by atoms with E-state index in [0.717, 1.165) is 5.69 Å². The van der Waals surface area contributed by atoms with E-state index in [4.69, 9.17) is 15.2 Å². The fourth-order valence-electron chi connectivity index (χ4n) is 2.41. The van der Waals surface area contributed by atoms with Gasteiger partial charge in [0.05, 0.1) is 19.9 Å². The molecule has 7 heteroatoms. The molecule has 0 aliphatic rings. The number of hydrogen-bond donors (Lipinski definition) is 3. The monoisotopic (exact) mass is 351 g/mol. The number of nitrogens with zero attached hydrogens (tertiary/aromatic N) is 2. The zero-order chi connectivity index (χ0) is 18.5. The summed E-state index contributed by atoms with van der Waals surface area (Å²) < 4.78 is 10.6. The van der Waals surface area contributed by atoms with E-state index in [9.17, 15) is 0 Å². The number of hydrogen-bond acceptors (Lipinski definition) is 7. The Morgan fingerprint density at radius 3 is 2.23 bits per heavy atom. The van der Waals surface area contributed by atoms with Crippen molar-refractivity contribution in [2.75, 3.05) is 30.6 Å². The van der Waals surface area contributed by atoms with Crippen molar-refractivity contribution < 1.29 is 9.47 Å². The Morgan fingerprint density at radius 1 is 0.885 bits per heavy atom. The molecule has 4 N–H and O–H groups in total. The maximum atomic E-state index is 6.25. The van der Waals surface area contributed by atoms with Crippen molar-refractivity contribution >= 4 is 28.7 Å². The van der Waals surface area contributed by atoms with Crippen molar-refractivity contribution in [3.8, 4) is 11.5 Å². The number of aryl methyl sites for hydroxylation is 1. The van der Waals surface area contributed by atoms with Gasteiger partial charge in [-0.25, -0.2) is 9.97 Å². The summed E-state index contributed by atoms with van der Waals surface area (Å²) in [5, 5.41) is 6.39. The van der Waals surface area contributed by atoms with E-state index in [1.54, 1.807) is 14.2 Å². The van der Waals surface area contributed by atoms with Crippen molar-refractivity contribution in [1.29, 1.82) is 0 Å². The van der Waals surface area contributed by atoms with E-state index in [1.165, 1.54) is 11.9 Å². The van der Waals surface area contributed by atoms with Crippen molar-refractivity contribution in [2.24, 2.45) is 0 Å². The fraction of sp³-hybridized carbons (Fsp3) is 0.158. The smallest absolute Gasteiger partial charge is 0.159 e. The minimum Gasteiger partial charge on any atom is -0.497 e. The van der Waals surface area contributed by atoms with Gasteiger partial charge in [-0.15, -0.1) is 0 Å². The minimum absolute atomic E-state index is 0.401. The largest absolute Gasteiger partial charge is 0.497 e. The molecule has 7 nitrogen and oxygen atoms in total. The molecular formula is C19H21N5O2. The van der Waals surface area contributed by atoms with Crippen molar-refractivity contribution in [1.82, 2.24) is 9.97 Å². The van der Waals surface area contributed by atoms with Gasteiger partial charge < -0.3 is 25.8 Å². The Labute approximate surface area is 152 Å². The standard InChI is InChI=1S/C19H21N5O2/c1-12-4-6-13(7-5-12)23-18-17(20)19(22-11-21-18)24-15-10-14(25-2)8-9-16(15)26-3/h4-11H,20H2,1-3H3,(H2,21,22,23,24). The van der Waals surface area contributed by atoms with Gasteiger partial charge in [-0.1, -0.05) is 17.7 Å². The highest BCUT2D eigenvalue weighted by Crippen LogP contribution is 2.34. The van der Waals surface area contributed by atoms with Gasteiger partial charge in [0, 0.05) is 11.8 Å². The summed E-state index contributed by atoms with van der Waals surface area (Å²) in [5.41, 5.74) is 9.42. The molecule has 134 valence electrons. The average molecular weight is 351 g/mol. The predicted octanol–water partition coefficient (Wildman–Crippen LogP) is 3.87. The van der Waals surface area contributed by atoms with Crippen molar-refractivity contribution in [3.05, 3.63) is 54.4 Å². The molecule has 0 aliphatic heterocycles. The first kappa shape index (κ1) is 17.3. The number of nitrogen functional groups attached to an aromatic ring is 1. The maximum Gasteiger partial charge on any atom is 0.159 e. The summed E-state index contributed by atoms with van der Waals surface area (Å²) >= 11 is 0. The molecule has 0 amide bonds. The number of rotatable bonds is 6. The van der Waals surface area contributed by atoms with Crippen LogP contribution in [0.3, 0.4) is 0 Å². The first-order valence-corrected chi connectivity index (χ1v) is 8.04. The zero-order valence-electron chi connectivity index (χ0n) is 14.9. The Hall–Kier alpha value is -3.48. The lowest BCUT2D eigenvalue weighted by atomic mass is 10.2. The molecule has 1 aromatic heterocycles. The van der Waals surface area contributed by atoms with Gasteiger partial charge >= 0.3 is 0 Å². The normalized spacial score (nSPS) is 10.3. The summed E-state index contributed by atoms with van der Waals surface area (Å²) in [6.07, 6.45) is 1.45. The lowest BCUT2D eigenvalue weighted by Crippen LogP contribution is -2.06. The molecule has 3 aromatic rings. The number of aromatic nitrogens is 2. The van der Waals surface area contributed by atoms with Crippen LogP contribution in [0.15, 0.2) is 48.8 Å². The van der Waals surface area contributed by atoms with Crippen molar-refractivity contribution in [3.63, 3.8) is 0 Å². The molecule has 26 heavy (non-hydrogen) atoms. The molecule has 2 aromatic carbocycles. The lowest BCUT2D eigenvalue weighted by molar-refractivity contribution is 0.405. The Morgan fingerprint density at radius 2 is 1.58 bits per heavy atom. The van der Waals surface area contributed by atoms with Crippen LogP contribution in [0.5, 0.6) is 11.5 Å². The molecule has 0 saturated carbocycles. The van der Waals surface area contributed by atoms with E-state index in [-0.39, 0.29) is 0 Å². The highest BCUT2D eigenvalue weighted by atomic mass is 16.5. The molecule has 0 aliphatic carbocycles. The van der Waals surface area contributed by atoms with E-state index in [1.807, 2.05) is 49.4 Å². The molecule has 0 radical (unpaired) electrons. The van der Waals surface area contributed by atoms with Gasteiger partial charge in [0.15, 0.2) is 11.6 Å². The number of anilines is 5. The van der Waals surface area contributed by atoms with Crippen LogP contribution in [0.2, 0.25) is 0 Å². The van der Waals surface area contributed by atoms with E-state index in [2.05, 4.69) is 20.6 Å². The minimum atomic E-state index is 0.401. The second kappa shape index (κ2) is 7.60. The lowest BCUT2D eigenvalue weighted by Gasteiger charge is -2.15. The third-order valence-electron chi connectivity index (χ3n) is 3.86. The summed E-state index contributed by atoms with van der Waals surface area (Å²) in [4.78, 5) is 8.47. The Balaban J connectivity index is 1.89. The van der Waals surface area contributed by atoms with E-state index < -0.39 is 0 Å². The first-order valence-electron chi connectivity index (χ1n) is 8.04. The third-order valence-corrected chi connectivity index (χ3v) is 3.86. The van der Waals surface area contributed by atoms with Crippen LogP contribution in [0.25, 0.3) is 0 Å². The molecule has 0 saturated heterocycles. The van der Waals surface area contributed by atoms with Gasteiger partial charge in [-0.05, 0) is 31.2 Å². The second-order valence-electron chi connectivity index (χ2n) is 5.67. The third kappa shape index (κ3) is 3.77. The Bertz CT molecular complexity index is 897. The van der Waals surface area contributed by atoms with Crippen LogP contribution < -0.4 is 25.8 Å². The van der Waals surface area contributed by atoms with Crippen LogP contribution in [-0.4, -0.2) is 24.2 Å². The zero-order valence-corrected chi connectivity index (χ0v) is 14.9. The molecule has 0 unspecified atom stereocenters. The van der Waals surface area contributed by atoms with Crippen LogP contribution >= 0.6 is 0 Å². The van der Waals surface area contributed by atoms with Crippen LogP contribution in [0.4, 0.5) is 28.7 Å². The summed E-state index contributed by atoms with van der Waals surface area (Å²) in [7, 11) is 3.20. The molecule has 3 rings (SSSR count). The van der Waals surface area contributed by atoms with Crippen LogP contribution in [-0.2, 0) is 0 Å². The molecule has 0 atom stereocenters. The summed E-state index contributed by atoms with van der Waals surface area (Å²) in [6, 6.07) is 13.4. The summed E-state index contributed by atoms with van der Waals surface area (Å²) in [5.74, 6) is 2.34. The Kier molecular flexibility index (Phi) is 5.07. The van der Waals surface area contributed by atoms with E-state index in [0.29, 0.717) is 34.5 Å². The molecule has 0 spiro atoms. The number of ether oxygens (including phenoxy) is 2. The maximum absolute atomic E-state index is 6.25. The molecule has 1 heterocycles. The van der Waals surface area contributed by atoms with Gasteiger partial charge in [0.25, 0.3) is 0 Å². The quantitative estimate of drug-likeness (QED) is 0.620. The van der Waals surface area contributed by atoms with Gasteiger partial charge in [0.2, 0.25) is 0 Å². The number of methoxy groups -OCH3 is 2. The van der Waals surface area contributed by atoms with Crippen molar-refractivity contribution in [2.45, 2.75) is 6.92 Å². The van der Waals surface area contributed by atoms with Crippen LogP contribution in [0, 0.1) is 6.92 Å². The number of benzene rings is 2. The topological polar surface area (TPSA) is 94.3 Å². The highest BCUT2D eigenvalue weighted by molar-refractivity contribution is 5.81. The summed E-state index contributed by atoms with van der Waals surface area (Å²) in [6.45, 7) is 2.03. The molecule has 0 fully saturated rings. The average Bonchev–Trinajstić information content (AvgIpc) is 2.66. The second-order valence-corrected chi connectivity index (χ2v) is 5.67. The van der Waals surface area contributed by atoms with Gasteiger partial charge in [-0.3, -0.25) is 0 Å². The highest BCUT2D eigenvalue weighted by Gasteiger charge is 2.12. The predicted molar refractivity (Wildman–Crippen MR) is 104 cm³/mol. The van der Waals surface area contributed by atoms with Gasteiger partial charge in [-0.2, -0.15) is 0 Å². The number of nitrogens with one attached hydrogen (secondary N) is 2. The molecule has 0 bridgehead atoms. The van der Waals surface area contributed by atoms with E-state index >= 15 is 0 Å². The SMILES string of the molecule is COc1ccc(OC)c(Nc2ncnc(Nc3ccc(C)cc3)c2N)c1. The molecular weight excluding hydrogens is 330 g/mol. The first-order chi connectivity index (χ1) is 12.6. The number of nitrogens with two attached hydrogens (primary N) is 1. The van der Waals surface area contributed by atoms with Gasteiger partial charge in [0.1, 0.15) is 23.5 Å². The fourth-order valence-corrected chi connectivity index (χ4v) is 2.41. The van der Waals surface area contributed by atoms with Crippen LogP contribution in [0.1, 0.15) is 5.56 Å².